The van der Waals surface area contributed by atoms with Crippen LogP contribution in [0.15, 0.2) is 79.1 Å². The number of methoxy groups -OCH3 is 1. The molecule has 0 aliphatic carbocycles. The van der Waals surface area contributed by atoms with Gasteiger partial charge >= 0.3 is 12.0 Å². The predicted octanol–water partition coefficient (Wildman–Crippen LogP) is 6.89. The van der Waals surface area contributed by atoms with E-state index in [2.05, 4.69) is 27.3 Å². The van der Waals surface area contributed by atoms with E-state index in [-0.39, 0.29) is 30.3 Å². The van der Waals surface area contributed by atoms with Gasteiger partial charge in [-0.1, -0.05) is 53.5 Å². The Morgan fingerprint density at radius 1 is 1.02 bits per heavy atom. The summed E-state index contributed by atoms with van der Waals surface area (Å²) in [6.07, 6.45) is 3.85. The number of hydrogen-bond donors (Lipinski definition) is 1. The summed E-state index contributed by atoms with van der Waals surface area (Å²) in [5.74, 6) is -0.279. The van der Waals surface area contributed by atoms with Crippen LogP contribution >= 0.6 is 23.2 Å². The summed E-state index contributed by atoms with van der Waals surface area (Å²) in [4.78, 5) is 34.2. The molecule has 7 nitrogen and oxygen atoms in total. The standard InChI is InChI=1S/C33H29Cl3N4O3/c1-43-31(41)15-22-18-39(17-20-9-11-37-12-10-20)19-26(22)21-13-24(23-5-2-3-6-27(23)34)25-16-38-33(42)40(30(25)14-21)32-28(35)7-4-8-29(32)36/h2-14,22,26,35H,15-19H2,1H3/p+1. The number of benzene rings is 3. The second-order valence-electron chi connectivity index (χ2n) is 10.8. The number of urea groups is 1. The van der Waals surface area contributed by atoms with Crippen LogP contribution in [0.25, 0.3) is 11.1 Å². The van der Waals surface area contributed by atoms with Crippen LogP contribution in [0.1, 0.15) is 29.0 Å². The monoisotopic (exact) mass is 635 g/mol. The van der Waals surface area contributed by atoms with Gasteiger partial charge in [0.05, 0.1) is 24.2 Å². The lowest BCUT2D eigenvalue weighted by Crippen LogP contribution is -2.42. The fraction of sp³-hybridized carbons (Fsp3) is 0.242. The van der Waals surface area contributed by atoms with E-state index in [0.29, 0.717) is 39.5 Å². The van der Waals surface area contributed by atoms with Crippen LogP contribution in [0.3, 0.4) is 0 Å². The smallest absolute Gasteiger partial charge is 0.327 e. The first kappa shape index (κ1) is 29.5. The highest BCUT2D eigenvalue weighted by molar-refractivity contribution is 6.34. The van der Waals surface area contributed by atoms with E-state index in [1.54, 1.807) is 35.5 Å². The van der Waals surface area contributed by atoms with E-state index in [9.17, 15) is 9.59 Å². The van der Waals surface area contributed by atoms with Crippen molar-refractivity contribution >= 4 is 46.6 Å². The Labute approximate surface area is 265 Å². The van der Waals surface area contributed by atoms with Gasteiger partial charge in [-0.2, -0.15) is 0 Å². The zero-order valence-corrected chi connectivity index (χ0v) is 25.8. The predicted molar refractivity (Wildman–Crippen MR) is 166 cm³/mol. The van der Waals surface area contributed by atoms with Crippen LogP contribution in [-0.2, 0) is 22.6 Å². The maximum absolute atomic E-state index is 13.5. The number of anilines is 2. The van der Waals surface area contributed by atoms with Gasteiger partial charge in [0.2, 0.25) is 0 Å². The first-order valence-electron chi connectivity index (χ1n) is 14.0. The molecule has 2 unspecified atom stereocenters. The summed E-state index contributed by atoms with van der Waals surface area (Å²) < 4.78 is 5.09. The van der Waals surface area contributed by atoms with E-state index in [0.717, 1.165) is 40.9 Å². The van der Waals surface area contributed by atoms with Crippen molar-refractivity contribution in [3.63, 3.8) is 0 Å². The molecule has 6 rings (SSSR count). The Morgan fingerprint density at radius 2 is 1.79 bits per heavy atom. The molecular formula is C33H30Cl3N4O3+. The van der Waals surface area contributed by atoms with Crippen molar-refractivity contribution in [2.75, 3.05) is 25.1 Å². The average molecular weight is 637 g/mol. The molecule has 2 aliphatic rings. The maximum atomic E-state index is 13.5. The van der Waals surface area contributed by atoms with Gasteiger partial charge in [-0.3, -0.25) is 19.6 Å². The molecule has 1 fully saturated rings. The average Bonchev–Trinajstić information content (AvgIpc) is 3.39. The van der Waals surface area contributed by atoms with Crippen molar-refractivity contribution in [2.24, 2.45) is 5.92 Å². The first-order valence-corrected chi connectivity index (χ1v) is 15.1. The topological polar surface area (TPSA) is 74.8 Å². The molecule has 43 heavy (non-hydrogen) atoms. The van der Waals surface area contributed by atoms with Crippen molar-refractivity contribution < 1.29 is 25.9 Å². The van der Waals surface area contributed by atoms with Crippen molar-refractivity contribution in [3.05, 3.63) is 111 Å². The van der Waals surface area contributed by atoms with Gasteiger partial charge in [0.15, 0.2) is 11.6 Å². The number of esters is 1. The first-order chi connectivity index (χ1) is 20.8. The van der Waals surface area contributed by atoms with E-state index in [1.807, 2.05) is 36.4 Å². The van der Waals surface area contributed by atoms with E-state index in [1.165, 1.54) is 7.11 Å². The number of ether oxygens (including phenoxy) is 1. The highest BCUT2D eigenvalue weighted by Crippen LogP contribution is 2.46. The van der Waals surface area contributed by atoms with Crippen LogP contribution in [0.5, 0.6) is 0 Å². The van der Waals surface area contributed by atoms with Crippen LogP contribution in [0, 0.1) is 17.5 Å². The molecule has 2 atom stereocenters. The minimum absolute atomic E-state index is 0.00729. The molecule has 1 N–H and O–H groups in total. The van der Waals surface area contributed by atoms with Crippen molar-refractivity contribution in [1.29, 1.82) is 0 Å². The number of hydrogen-bond acceptors (Lipinski definition) is 5. The Bertz CT molecular complexity index is 1660. The number of carbonyl (C=O) groups is 2. The fourth-order valence-corrected chi connectivity index (χ4v) is 7.04. The van der Waals surface area contributed by atoms with E-state index < -0.39 is 0 Å². The zero-order valence-electron chi connectivity index (χ0n) is 23.4. The molecule has 2 aliphatic heterocycles. The third kappa shape index (κ3) is 5.95. The molecule has 0 spiro atoms. The molecule has 0 radical (unpaired) electrons. The normalized spacial score (nSPS) is 18.3. The lowest BCUT2D eigenvalue weighted by molar-refractivity contribution is -0.287. The second-order valence-corrected chi connectivity index (χ2v) is 12.1. The molecule has 220 valence electrons. The highest BCUT2D eigenvalue weighted by Gasteiger charge is 2.38. The van der Waals surface area contributed by atoms with Crippen LogP contribution < -0.4 is 10.2 Å². The SMILES string of the molecule is COC(=O)CC1CN(Cc2ccncc2)CC1c1cc(-c2ccccc2Cl)c2c(c1)N(c1c(Cl)cccc1[ClH+])C(=O)NC2. The minimum Gasteiger partial charge on any atom is -0.469 e. The Hall–Kier alpha value is -3.62. The minimum atomic E-state index is -0.314. The molecule has 3 aromatic carbocycles. The number of aromatic nitrogens is 1. The number of nitrogens with one attached hydrogen (secondary N) is 1. The summed E-state index contributed by atoms with van der Waals surface area (Å²) in [6, 6.07) is 20.8. The number of nitrogens with zero attached hydrogens (tertiary/aromatic N) is 3. The van der Waals surface area contributed by atoms with Crippen LogP contribution in [0.2, 0.25) is 15.1 Å². The lowest BCUT2D eigenvalue weighted by Gasteiger charge is -2.33. The fourth-order valence-electron chi connectivity index (χ4n) is 6.20. The molecule has 10 heteroatoms. The van der Waals surface area contributed by atoms with Gasteiger partial charge in [-0.15, -0.1) is 0 Å². The van der Waals surface area contributed by atoms with Gasteiger partial charge < -0.3 is 10.1 Å². The van der Waals surface area contributed by atoms with Gasteiger partial charge in [-0.25, -0.2) is 4.79 Å². The van der Waals surface area contributed by atoms with Crippen molar-refractivity contribution in [1.82, 2.24) is 15.2 Å². The van der Waals surface area contributed by atoms with Gasteiger partial charge in [0.1, 0.15) is 5.69 Å². The van der Waals surface area contributed by atoms with Crippen LogP contribution in [0.4, 0.5) is 16.2 Å². The number of rotatable bonds is 7. The Kier molecular flexibility index (Phi) is 8.59. The molecule has 2 amide bonds. The summed E-state index contributed by atoms with van der Waals surface area (Å²) in [6.45, 7) is 2.47. The molecule has 0 bridgehead atoms. The molecular weight excluding hydrogens is 607 g/mol. The second kappa shape index (κ2) is 12.5. The highest BCUT2D eigenvalue weighted by atomic mass is 35.5. The quantitative estimate of drug-likeness (QED) is 0.224. The largest absolute Gasteiger partial charge is 0.469 e. The third-order valence-electron chi connectivity index (χ3n) is 8.20. The molecule has 0 saturated carbocycles. The number of fused-ring (bicyclic) bond motifs is 1. The zero-order chi connectivity index (χ0) is 30.1. The van der Waals surface area contributed by atoms with Crippen molar-refractivity contribution in [3.8, 4) is 11.1 Å². The third-order valence-corrected chi connectivity index (χ3v) is 9.17. The van der Waals surface area contributed by atoms with E-state index in [4.69, 9.17) is 39.5 Å². The summed E-state index contributed by atoms with van der Waals surface area (Å²) in [5.41, 5.74) is 5.96. The lowest BCUT2D eigenvalue weighted by atomic mass is 9.83. The van der Waals surface area contributed by atoms with E-state index >= 15 is 0 Å². The van der Waals surface area contributed by atoms with Gasteiger partial charge in [0.25, 0.3) is 5.02 Å². The number of pyridine rings is 1. The van der Waals surface area contributed by atoms with Crippen LogP contribution in [-0.4, -0.2) is 42.1 Å². The molecule has 1 saturated heterocycles. The molecule has 1 aromatic heterocycles. The summed E-state index contributed by atoms with van der Waals surface area (Å²) in [5, 5.41) is 4.45. The van der Waals surface area contributed by atoms with Gasteiger partial charge in [0, 0.05) is 66.7 Å². The van der Waals surface area contributed by atoms with Crippen molar-refractivity contribution in [2.45, 2.75) is 25.4 Å². The number of likely N-dealkylation sites (tertiary alicyclic amines) is 1. The summed E-state index contributed by atoms with van der Waals surface area (Å²) in [7, 11) is 1.42. The Morgan fingerprint density at radius 3 is 2.53 bits per heavy atom. The molecule has 3 heterocycles. The van der Waals surface area contributed by atoms with Gasteiger partial charge in [-0.05, 0) is 52.9 Å². The summed E-state index contributed by atoms with van der Waals surface area (Å²) >= 11 is 19.1. The number of carbonyl (C=O) groups excluding carboxylic acids is 2. The number of para-hydroxylation sites is 1. The molecule has 4 aromatic rings. The maximum Gasteiger partial charge on any atom is 0.327 e. The number of halogens is 3. The number of amides is 2. The Balaban J connectivity index is 1.51.